The Balaban J connectivity index is 1.76. The number of sulfonamides is 2. The predicted octanol–water partition coefficient (Wildman–Crippen LogP) is 0.703. The Bertz CT molecular complexity index is 1320. The van der Waals surface area contributed by atoms with E-state index < -0.39 is 45.0 Å². The second-order valence-electron chi connectivity index (χ2n) is 10.3. The lowest BCUT2D eigenvalue weighted by atomic mass is 10.2. The highest BCUT2D eigenvalue weighted by atomic mass is 32.2. The molecule has 42 heavy (non-hydrogen) atoms. The molecule has 0 N–H and O–H groups in total. The fourth-order valence-electron chi connectivity index (χ4n) is 4.64. The smallest absolute Gasteiger partial charge is 0.243 e. The largest absolute Gasteiger partial charge is 0.378 e. The number of hydrogen-bond donors (Lipinski definition) is 0. The van der Waals surface area contributed by atoms with Crippen LogP contribution in [-0.4, -0.2) is 126 Å². The number of amides is 2. The van der Waals surface area contributed by atoms with Gasteiger partial charge in [-0.15, -0.1) is 0 Å². The molecule has 2 aromatic rings. The van der Waals surface area contributed by atoms with Gasteiger partial charge in [0.1, 0.15) is 0 Å². The Morgan fingerprint density at radius 2 is 0.833 bits per heavy atom. The molecule has 12 nitrogen and oxygen atoms in total. The average molecular weight is 623 g/mol. The van der Waals surface area contributed by atoms with Gasteiger partial charge < -0.3 is 19.3 Å². The Labute approximate surface area is 247 Å². The first-order chi connectivity index (χ1) is 20.0. The monoisotopic (exact) mass is 622 g/mol. The lowest BCUT2D eigenvalue weighted by molar-refractivity contribution is -0.134. The molecule has 0 spiro atoms. The third kappa shape index (κ3) is 7.94. The van der Waals surface area contributed by atoms with E-state index in [9.17, 15) is 26.4 Å². The molecule has 2 bridgehead atoms. The minimum Gasteiger partial charge on any atom is -0.378 e. The summed E-state index contributed by atoms with van der Waals surface area (Å²) in [5.74, 6) is -0.925. The molecular weight excluding hydrogens is 584 g/mol. The maximum Gasteiger partial charge on any atom is 0.243 e. The first-order valence-electron chi connectivity index (χ1n) is 13.8. The highest BCUT2D eigenvalue weighted by Crippen LogP contribution is 2.20. The van der Waals surface area contributed by atoms with Crippen LogP contribution in [0.5, 0.6) is 0 Å². The first-order valence-corrected chi connectivity index (χ1v) is 16.7. The van der Waals surface area contributed by atoms with Gasteiger partial charge in [-0.05, 0) is 38.1 Å². The van der Waals surface area contributed by atoms with Crippen molar-refractivity contribution in [3.63, 3.8) is 0 Å². The molecule has 3 saturated heterocycles. The third-order valence-electron chi connectivity index (χ3n) is 7.27. The van der Waals surface area contributed by atoms with E-state index in [-0.39, 0.29) is 75.5 Å². The fourth-order valence-corrected chi connectivity index (χ4v) is 7.40. The van der Waals surface area contributed by atoms with Gasteiger partial charge in [0.15, 0.2) is 0 Å². The van der Waals surface area contributed by atoms with E-state index in [0.717, 1.165) is 19.7 Å². The topological polar surface area (TPSA) is 134 Å². The van der Waals surface area contributed by atoms with Gasteiger partial charge in [-0.2, -0.15) is 8.61 Å². The second kappa shape index (κ2) is 14.1. The molecule has 3 aliphatic heterocycles. The summed E-state index contributed by atoms with van der Waals surface area (Å²) in [4.78, 5) is 29.9. The summed E-state index contributed by atoms with van der Waals surface area (Å²) in [6.07, 6.45) is 0. The van der Waals surface area contributed by atoms with Crippen LogP contribution in [-0.2, 0) is 39.1 Å². The molecular formula is C28H38N4O8S2. The van der Waals surface area contributed by atoms with E-state index in [1.54, 1.807) is 24.3 Å². The van der Waals surface area contributed by atoms with E-state index in [1.807, 2.05) is 13.8 Å². The normalized spacial score (nSPS) is 20.0. The van der Waals surface area contributed by atoms with Crippen molar-refractivity contribution >= 4 is 31.9 Å². The van der Waals surface area contributed by atoms with E-state index in [4.69, 9.17) is 9.47 Å². The Hall–Kier alpha value is -2.88. The number of hydrogen-bond acceptors (Lipinski definition) is 8. The zero-order valence-electron chi connectivity index (χ0n) is 24.0. The molecule has 0 radical (unpaired) electrons. The second-order valence-corrected chi connectivity index (χ2v) is 14.2. The molecule has 5 rings (SSSR count). The van der Waals surface area contributed by atoms with Crippen molar-refractivity contribution in [2.75, 3.05) is 78.8 Å². The number of ether oxygens (including phenoxy) is 2. The van der Waals surface area contributed by atoms with Gasteiger partial charge in [0, 0.05) is 39.3 Å². The predicted molar refractivity (Wildman–Crippen MR) is 155 cm³/mol. The molecule has 3 fully saturated rings. The van der Waals surface area contributed by atoms with Crippen LogP contribution in [0.4, 0.5) is 0 Å². The number of carbonyl (C=O) groups excluding carboxylic acids is 2. The third-order valence-corrected chi connectivity index (χ3v) is 11.0. The van der Waals surface area contributed by atoms with Gasteiger partial charge in [0.25, 0.3) is 0 Å². The number of aryl methyl sites for hydroxylation is 2. The van der Waals surface area contributed by atoms with Crippen LogP contribution in [0.3, 0.4) is 0 Å². The highest BCUT2D eigenvalue weighted by molar-refractivity contribution is 7.89. The Kier molecular flexibility index (Phi) is 10.7. The molecule has 0 unspecified atom stereocenters. The molecule has 14 heteroatoms. The van der Waals surface area contributed by atoms with E-state index in [1.165, 1.54) is 34.1 Å². The number of carbonyl (C=O) groups is 2. The first kappa shape index (κ1) is 32.0. The average Bonchev–Trinajstić information content (AvgIpc) is 2.95. The van der Waals surface area contributed by atoms with Crippen molar-refractivity contribution in [3.05, 3.63) is 59.7 Å². The van der Waals surface area contributed by atoms with Crippen molar-refractivity contribution in [2.45, 2.75) is 23.6 Å². The van der Waals surface area contributed by atoms with Gasteiger partial charge in [0.2, 0.25) is 31.9 Å². The van der Waals surface area contributed by atoms with Crippen LogP contribution in [0.25, 0.3) is 0 Å². The lowest BCUT2D eigenvalue weighted by Crippen LogP contribution is -2.49. The lowest BCUT2D eigenvalue weighted by Gasteiger charge is -2.29. The van der Waals surface area contributed by atoms with Crippen molar-refractivity contribution < 1.29 is 35.9 Å². The maximum atomic E-state index is 13.8. The molecule has 230 valence electrons. The van der Waals surface area contributed by atoms with Crippen molar-refractivity contribution in [3.8, 4) is 0 Å². The maximum absolute atomic E-state index is 13.8. The van der Waals surface area contributed by atoms with E-state index in [2.05, 4.69) is 0 Å². The van der Waals surface area contributed by atoms with Crippen molar-refractivity contribution in [1.82, 2.24) is 18.4 Å². The van der Waals surface area contributed by atoms with Gasteiger partial charge in [0.05, 0.1) is 49.3 Å². The summed E-state index contributed by atoms with van der Waals surface area (Å²) in [6.45, 7) is 3.51. The van der Waals surface area contributed by atoms with Crippen LogP contribution in [0, 0.1) is 13.8 Å². The van der Waals surface area contributed by atoms with Crippen LogP contribution in [0.2, 0.25) is 0 Å². The van der Waals surface area contributed by atoms with Gasteiger partial charge in [-0.25, -0.2) is 16.8 Å². The summed E-state index contributed by atoms with van der Waals surface area (Å²) in [6, 6.07) is 12.4. The van der Waals surface area contributed by atoms with Gasteiger partial charge >= 0.3 is 0 Å². The van der Waals surface area contributed by atoms with Crippen LogP contribution < -0.4 is 0 Å². The molecule has 2 aromatic carbocycles. The van der Waals surface area contributed by atoms with Crippen molar-refractivity contribution in [1.29, 1.82) is 0 Å². The number of nitrogens with zero attached hydrogens (tertiary/aromatic N) is 4. The quantitative estimate of drug-likeness (QED) is 0.487. The standard InChI is InChI=1S/C28H38N4O8S2/c1-23-3-7-25(8-4-23)41(35,36)31-11-12-32(42(37,38)26-9-5-24(2)6-10-26)22-28(34)30-15-19-39-17-13-29(27(33)21-31)14-18-40-20-16-30/h3-10H,11-22H2,1-2H3. The zero-order chi connectivity index (χ0) is 30.3. The highest BCUT2D eigenvalue weighted by Gasteiger charge is 2.33. The summed E-state index contributed by atoms with van der Waals surface area (Å²) >= 11 is 0. The van der Waals surface area contributed by atoms with Gasteiger partial charge in [-0.1, -0.05) is 35.4 Å². The fraction of sp³-hybridized carbons (Fsp3) is 0.500. The molecule has 0 aliphatic carbocycles. The molecule has 3 aliphatic rings. The molecule has 0 aromatic heterocycles. The molecule has 0 atom stereocenters. The number of fused-ring (bicyclic) bond motifs is 15. The van der Waals surface area contributed by atoms with Gasteiger partial charge in [-0.3, -0.25) is 9.59 Å². The summed E-state index contributed by atoms with van der Waals surface area (Å²) in [5.41, 5.74) is 1.72. The van der Waals surface area contributed by atoms with Crippen molar-refractivity contribution in [2.24, 2.45) is 0 Å². The van der Waals surface area contributed by atoms with Crippen LogP contribution >= 0.6 is 0 Å². The Morgan fingerprint density at radius 3 is 1.14 bits per heavy atom. The van der Waals surface area contributed by atoms with E-state index in [0.29, 0.717) is 0 Å². The van der Waals surface area contributed by atoms with Crippen LogP contribution in [0.1, 0.15) is 11.1 Å². The summed E-state index contributed by atoms with van der Waals surface area (Å²) in [7, 11) is -8.42. The zero-order valence-corrected chi connectivity index (χ0v) is 25.6. The molecule has 2 amide bonds. The molecule has 3 heterocycles. The SMILES string of the molecule is Cc1ccc(S(=O)(=O)N2CCN(S(=O)(=O)c3ccc(C)cc3)CC(=O)N3CCOCCN(CCOCC3)C(=O)C2)cc1. The minimum atomic E-state index is -4.21. The minimum absolute atomic E-state index is 0.0230. The number of rotatable bonds is 4. The number of benzene rings is 2. The molecule has 0 saturated carbocycles. The van der Waals surface area contributed by atoms with Crippen LogP contribution in [0.15, 0.2) is 58.3 Å². The Morgan fingerprint density at radius 1 is 0.524 bits per heavy atom. The van der Waals surface area contributed by atoms with E-state index >= 15 is 0 Å². The summed E-state index contributed by atoms with van der Waals surface area (Å²) in [5, 5.41) is 0. The summed E-state index contributed by atoms with van der Waals surface area (Å²) < 4.78 is 68.6.